The van der Waals surface area contributed by atoms with Crippen LogP contribution in [0.5, 0.6) is 0 Å². The first-order chi connectivity index (χ1) is 13.1. The summed E-state index contributed by atoms with van der Waals surface area (Å²) in [5, 5.41) is 3.58. The van der Waals surface area contributed by atoms with Crippen molar-refractivity contribution in [2.75, 3.05) is 38.0 Å². The molecule has 1 fully saturated rings. The molecule has 2 aromatic carbocycles. The SMILES string of the molecule is C[C@H](C(=O)Nc1cccc(Cl)c1)N1CCN(C/C=C/c2ccccc2)CC1. The molecular weight excluding hydrogens is 358 g/mol. The van der Waals surface area contributed by atoms with Gasteiger partial charge in [-0.05, 0) is 30.7 Å². The molecule has 1 aliphatic rings. The maximum Gasteiger partial charge on any atom is 0.241 e. The van der Waals surface area contributed by atoms with Crippen molar-refractivity contribution in [3.63, 3.8) is 0 Å². The van der Waals surface area contributed by atoms with Crippen molar-refractivity contribution < 1.29 is 4.79 Å². The van der Waals surface area contributed by atoms with Crippen LogP contribution in [-0.2, 0) is 4.79 Å². The second kappa shape index (κ2) is 9.70. The molecule has 0 aliphatic carbocycles. The molecule has 0 radical (unpaired) electrons. The van der Waals surface area contributed by atoms with Crippen LogP contribution in [0.1, 0.15) is 12.5 Å². The van der Waals surface area contributed by atoms with E-state index in [1.807, 2.05) is 37.3 Å². The number of piperazine rings is 1. The highest BCUT2D eigenvalue weighted by Gasteiger charge is 2.25. The van der Waals surface area contributed by atoms with E-state index in [4.69, 9.17) is 11.6 Å². The number of anilines is 1. The van der Waals surface area contributed by atoms with Gasteiger partial charge < -0.3 is 5.32 Å². The zero-order chi connectivity index (χ0) is 19.1. The Hall–Kier alpha value is -2.14. The zero-order valence-corrected chi connectivity index (χ0v) is 16.4. The van der Waals surface area contributed by atoms with Crippen molar-refractivity contribution in [2.24, 2.45) is 0 Å². The second-order valence-corrected chi connectivity index (χ2v) is 7.26. The Morgan fingerprint density at radius 2 is 1.85 bits per heavy atom. The number of halogens is 1. The molecule has 1 aliphatic heterocycles. The van der Waals surface area contributed by atoms with E-state index in [0.717, 1.165) is 38.4 Å². The summed E-state index contributed by atoms with van der Waals surface area (Å²) >= 11 is 5.98. The van der Waals surface area contributed by atoms with E-state index in [-0.39, 0.29) is 11.9 Å². The molecule has 1 atom stereocenters. The summed E-state index contributed by atoms with van der Waals surface area (Å²) in [6.45, 7) is 6.62. The van der Waals surface area contributed by atoms with Gasteiger partial charge in [-0.1, -0.05) is 60.2 Å². The standard InChI is InChI=1S/C22H26ClN3O/c1-18(22(27)24-21-11-5-10-20(23)17-21)26-15-13-25(14-16-26)12-6-9-19-7-3-2-4-8-19/h2-11,17-18H,12-16H2,1H3,(H,24,27)/b9-6+/t18-/m1/s1. The van der Waals surface area contributed by atoms with Crippen molar-refractivity contribution in [3.8, 4) is 0 Å². The van der Waals surface area contributed by atoms with Gasteiger partial charge in [-0.3, -0.25) is 14.6 Å². The summed E-state index contributed by atoms with van der Waals surface area (Å²) in [6, 6.07) is 17.4. The van der Waals surface area contributed by atoms with Gasteiger partial charge >= 0.3 is 0 Å². The van der Waals surface area contributed by atoms with Crippen LogP contribution in [0.15, 0.2) is 60.7 Å². The van der Waals surface area contributed by atoms with Gasteiger partial charge in [-0.15, -0.1) is 0 Å². The number of benzene rings is 2. The quantitative estimate of drug-likeness (QED) is 0.819. The molecule has 1 heterocycles. The summed E-state index contributed by atoms with van der Waals surface area (Å²) < 4.78 is 0. The van der Waals surface area contributed by atoms with Crippen LogP contribution in [0.3, 0.4) is 0 Å². The monoisotopic (exact) mass is 383 g/mol. The van der Waals surface area contributed by atoms with Crippen LogP contribution < -0.4 is 5.32 Å². The highest BCUT2D eigenvalue weighted by Crippen LogP contribution is 2.16. The number of carbonyl (C=O) groups is 1. The molecule has 5 heteroatoms. The van der Waals surface area contributed by atoms with Gasteiger partial charge in [-0.2, -0.15) is 0 Å². The van der Waals surface area contributed by atoms with Gasteiger partial charge in [0.25, 0.3) is 0 Å². The third-order valence-electron chi connectivity index (χ3n) is 4.90. The summed E-state index contributed by atoms with van der Waals surface area (Å²) in [4.78, 5) is 17.2. The van der Waals surface area contributed by atoms with Crippen molar-refractivity contribution in [2.45, 2.75) is 13.0 Å². The van der Waals surface area contributed by atoms with E-state index in [0.29, 0.717) is 5.02 Å². The van der Waals surface area contributed by atoms with Gasteiger partial charge in [0.2, 0.25) is 5.91 Å². The fourth-order valence-corrected chi connectivity index (χ4v) is 3.40. The molecular formula is C22H26ClN3O. The molecule has 0 unspecified atom stereocenters. The fraction of sp³-hybridized carbons (Fsp3) is 0.318. The molecule has 27 heavy (non-hydrogen) atoms. The third-order valence-corrected chi connectivity index (χ3v) is 5.13. The number of rotatable bonds is 6. The fourth-order valence-electron chi connectivity index (χ4n) is 3.21. The van der Waals surface area contributed by atoms with Gasteiger partial charge in [0.15, 0.2) is 0 Å². The molecule has 2 aromatic rings. The summed E-state index contributed by atoms with van der Waals surface area (Å²) in [5.74, 6) is 0.00897. The van der Waals surface area contributed by atoms with Crippen LogP contribution in [0, 0.1) is 0 Å². The summed E-state index contributed by atoms with van der Waals surface area (Å²) in [6.07, 6.45) is 4.37. The molecule has 0 bridgehead atoms. The van der Waals surface area contributed by atoms with E-state index in [9.17, 15) is 4.79 Å². The number of nitrogens with zero attached hydrogens (tertiary/aromatic N) is 2. The molecule has 1 saturated heterocycles. The highest BCUT2D eigenvalue weighted by atomic mass is 35.5. The molecule has 3 rings (SSSR count). The number of hydrogen-bond donors (Lipinski definition) is 1. The van der Waals surface area contributed by atoms with Crippen molar-refractivity contribution in [1.82, 2.24) is 9.80 Å². The highest BCUT2D eigenvalue weighted by molar-refractivity contribution is 6.30. The molecule has 0 saturated carbocycles. The predicted molar refractivity (Wildman–Crippen MR) is 113 cm³/mol. The lowest BCUT2D eigenvalue weighted by Gasteiger charge is -2.37. The van der Waals surface area contributed by atoms with Gasteiger partial charge in [0.05, 0.1) is 6.04 Å². The topological polar surface area (TPSA) is 35.6 Å². The maximum absolute atomic E-state index is 12.5. The van der Waals surface area contributed by atoms with Crippen LogP contribution in [0.2, 0.25) is 5.02 Å². The Morgan fingerprint density at radius 1 is 1.11 bits per heavy atom. The minimum absolute atomic E-state index is 0.00897. The average Bonchev–Trinajstić information content (AvgIpc) is 2.69. The first-order valence-electron chi connectivity index (χ1n) is 9.36. The van der Waals surface area contributed by atoms with Crippen molar-refractivity contribution >= 4 is 29.3 Å². The minimum atomic E-state index is -0.161. The van der Waals surface area contributed by atoms with E-state index in [2.05, 4.69) is 39.4 Å². The lowest BCUT2D eigenvalue weighted by Crippen LogP contribution is -2.52. The molecule has 1 N–H and O–H groups in total. The van der Waals surface area contributed by atoms with Gasteiger partial charge in [0, 0.05) is 43.4 Å². The van der Waals surface area contributed by atoms with Gasteiger partial charge in [-0.25, -0.2) is 0 Å². The normalized spacial score (nSPS) is 17.1. The van der Waals surface area contributed by atoms with Crippen LogP contribution in [0.4, 0.5) is 5.69 Å². The molecule has 4 nitrogen and oxygen atoms in total. The Balaban J connectivity index is 1.44. The zero-order valence-electron chi connectivity index (χ0n) is 15.6. The summed E-state index contributed by atoms with van der Waals surface area (Å²) in [7, 11) is 0. The maximum atomic E-state index is 12.5. The summed E-state index contributed by atoms with van der Waals surface area (Å²) in [5.41, 5.74) is 1.96. The number of hydrogen-bond acceptors (Lipinski definition) is 3. The van der Waals surface area contributed by atoms with E-state index < -0.39 is 0 Å². The predicted octanol–water partition coefficient (Wildman–Crippen LogP) is 4.00. The molecule has 0 spiro atoms. The Labute approximate surface area is 166 Å². The first-order valence-corrected chi connectivity index (χ1v) is 9.74. The van der Waals surface area contributed by atoms with Crippen molar-refractivity contribution in [1.29, 1.82) is 0 Å². The smallest absolute Gasteiger partial charge is 0.241 e. The largest absolute Gasteiger partial charge is 0.325 e. The number of nitrogens with one attached hydrogen (secondary N) is 1. The Morgan fingerprint density at radius 3 is 2.56 bits per heavy atom. The molecule has 1 amide bonds. The van der Waals surface area contributed by atoms with Crippen LogP contribution in [0.25, 0.3) is 6.08 Å². The Kier molecular flexibility index (Phi) is 7.04. The number of amides is 1. The van der Waals surface area contributed by atoms with E-state index in [1.54, 1.807) is 12.1 Å². The third kappa shape index (κ3) is 5.93. The lowest BCUT2D eigenvalue weighted by molar-refractivity contribution is -0.121. The van der Waals surface area contributed by atoms with Crippen LogP contribution in [-0.4, -0.2) is 54.5 Å². The lowest BCUT2D eigenvalue weighted by atomic mass is 10.2. The van der Waals surface area contributed by atoms with E-state index >= 15 is 0 Å². The Bertz CT molecular complexity index is 770. The first kappa shape index (κ1) is 19.6. The minimum Gasteiger partial charge on any atom is -0.325 e. The van der Waals surface area contributed by atoms with Gasteiger partial charge in [0.1, 0.15) is 0 Å². The average molecular weight is 384 g/mol. The second-order valence-electron chi connectivity index (χ2n) is 6.83. The number of carbonyl (C=O) groups excluding carboxylic acids is 1. The molecule has 142 valence electrons. The van der Waals surface area contributed by atoms with Crippen molar-refractivity contribution in [3.05, 3.63) is 71.3 Å². The van der Waals surface area contributed by atoms with E-state index in [1.165, 1.54) is 5.56 Å². The van der Waals surface area contributed by atoms with Crippen LogP contribution >= 0.6 is 11.6 Å². The molecule has 0 aromatic heterocycles.